The molecule has 1 aliphatic rings. The average molecular weight is 402 g/mol. The van der Waals surface area contributed by atoms with Crippen molar-refractivity contribution < 1.29 is 14.6 Å². The largest absolute Gasteiger partial charge is 0.508 e. The van der Waals surface area contributed by atoms with Crippen LogP contribution >= 0.6 is 0 Å². The number of ether oxygens (including phenoxy) is 1. The fraction of sp³-hybridized carbons (Fsp3) is 0.269. The van der Waals surface area contributed by atoms with E-state index >= 15 is 0 Å². The summed E-state index contributed by atoms with van der Waals surface area (Å²) in [7, 11) is 0. The van der Waals surface area contributed by atoms with E-state index in [2.05, 4.69) is 19.9 Å². The van der Waals surface area contributed by atoms with Crippen LogP contribution < -0.4 is 0 Å². The lowest BCUT2D eigenvalue weighted by molar-refractivity contribution is 0.0833. The molecule has 1 unspecified atom stereocenters. The maximum atomic E-state index is 13.1. The Balaban J connectivity index is 1.69. The molecular weight excluding hydrogens is 374 g/mol. The van der Waals surface area contributed by atoms with Gasteiger partial charge in [0.05, 0.1) is 6.04 Å². The molecule has 1 heterocycles. The van der Waals surface area contributed by atoms with Crippen LogP contribution in [0.2, 0.25) is 0 Å². The van der Waals surface area contributed by atoms with Gasteiger partial charge in [0.25, 0.3) is 0 Å². The van der Waals surface area contributed by atoms with E-state index in [9.17, 15) is 9.90 Å². The van der Waals surface area contributed by atoms with Crippen molar-refractivity contribution in [2.75, 3.05) is 6.54 Å². The zero-order chi connectivity index (χ0) is 21.1. The Labute approximate surface area is 177 Å². The van der Waals surface area contributed by atoms with Gasteiger partial charge < -0.3 is 9.84 Å². The molecule has 0 aliphatic carbocycles. The number of aromatic hydroxyl groups is 1. The summed E-state index contributed by atoms with van der Waals surface area (Å²) in [6.45, 7) is 5.01. The molecule has 1 N–H and O–H groups in total. The topological polar surface area (TPSA) is 49.8 Å². The molecule has 1 atom stereocenters. The first kappa shape index (κ1) is 20.0. The standard InChI is InChI=1S/C26H27NO3/c1-18(2)21-12-13-24(28)23(16-21)25-22-11-7-6-10-20(22)14-15-27(25)26(29)30-17-19-8-4-3-5-9-19/h3-13,16,18,25,28H,14-15,17H2,1-2H3. The molecule has 4 heteroatoms. The van der Waals surface area contributed by atoms with Gasteiger partial charge in [-0.2, -0.15) is 0 Å². The van der Waals surface area contributed by atoms with Crippen LogP contribution in [0.25, 0.3) is 0 Å². The molecule has 0 radical (unpaired) electrons. The van der Waals surface area contributed by atoms with Crippen molar-refractivity contribution in [3.63, 3.8) is 0 Å². The van der Waals surface area contributed by atoms with Crippen molar-refractivity contribution in [2.24, 2.45) is 0 Å². The Hall–Kier alpha value is -3.27. The maximum absolute atomic E-state index is 13.1. The van der Waals surface area contributed by atoms with Crippen molar-refractivity contribution in [1.82, 2.24) is 4.90 Å². The lowest BCUT2D eigenvalue weighted by atomic mass is 9.86. The van der Waals surface area contributed by atoms with Gasteiger partial charge in [-0.1, -0.05) is 74.5 Å². The van der Waals surface area contributed by atoms with E-state index in [1.54, 1.807) is 11.0 Å². The Morgan fingerprint density at radius 1 is 1.03 bits per heavy atom. The smallest absolute Gasteiger partial charge is 0.410 e. The van der Waals surface area contributed by atoms with Gasteiger partial charge in [-0.3, -0.25) is 4.90 Å². The van der Waals surface area contributed by atoms with Crippen LogP contribution in [0.3, 0.4) is 0 Å². The third kappa shape index (κ3) is 4.04. The van der Waals surface area contributed by atoms with Gasteiger partial charge in [0.15, 0.2) is 0 Å². The van der Waals surface area contributed by atoms with E-state index in [4.69, 9.17) is 4.74 Å². The van der Waals surface area contributed by atoms with Crippen molar-refractivity contribution in [3.05, 3.63) is 101 Å². The van der Waals surface area contributed by atoms with Crippen LogP contribution in [0.5, 0.6) is 5.75 Å². The number of rotatable bonds is 4. The average Bonchev–Trinajstić information content (AvgIpc) is 2.77. The van der Waals surface area contributed by atoms with Gasteiger partial charge in [0.1, 0.15) is 12.4 Å². The first-order chi connectivity index (χ1) is 14.5. The lowest BCUT2D eigenvalue weighted by Gasteiger charge is -2.37. The number of hydrogen-bond acceptors (Lipinski definition) is 3. The normalized spacial score (nSPS) is 15.7. The molecule has 4 rings (SSSR count). The molecule has 30 heavy (non-hydrogen) atoms. The number of phenols is 1. The summed E-state index contributed by atoms with van der Waals surface area (Å²) in [6.07, 6.45) is 0.394. The van der Waals surface area contributed by atoms with Crippen molar-refractivity contribution in [1.29, 1.82) is 0 Å². The fourth-order valence-corrected chi connectivity index (χ4v) is 4.05. The predicted molar refractivity (Wildman–Crippen MR) is 118 cm³/mol. The van der Waals surface area contributed by atoms with Gasteiger partial charge in [-0.25, -0.2) is 4.79 Å². The highest BCUT2D eigenvalue weighted by Gasteiger charge is 2.34. The molecule has 1 aliphatic heterocycles. The first-order valence-corrected chi connectivity index (χ1v) is 10.4. The summed E-state index contributed by atoms with van der Waals surface area (Å²) in [5.74, 6) is 0.517. The Kier molecular flexibility index (Phi) is 5.75. The minimum atomic E-state index is -0.378. The highest BCUT2D eigenvalue weighted by Crippen LogP contribution is 2.40. The molecule has 3 aromatic carbocycles. The summed E-state index contributed by atoms with van der Waals surface area (Å²) >= 11 is 0. The number of benzene rings is 3. The van der Waals surface area contributed by atoms with Crippen molar-refractivity contribution in [3.8, 4) is 5.75 Å². The molecule has 4 nitrogen and oxygen atoms in total. The molecule has 0 aromatic heterocycles. The summed E-state index contributed by atoms with van der Waals surface area (Å²) in [6, 6.07) is 23.1. The molecule has 154 valence electrons. The van der Waals surface area contributed by atoms with E-state index in [0.717, 1.165) is 28.7 Å². The summed E-state index contributed by atoms with van der Waals surface area (Å²) < 4.78 is 5.66. The lowest BCUT2D eigenvalue weighted by Crippen LogP contribution is -2.41. The second kappa shape index (κ2) is 8.62. The minimum Gasteiger partial charge on any atom is -0.508 e. The van der Waals surface area contributed by atoms with Gasteiger partial charge >= 0.3 is 6.09 Å². The second-order valence-corrected chi connectivity index (χ2v) is 8.06. The maximum Gasteiger partial charge on any atom is 0.410 e. The Morgan fingerprint density at radius 3 is 2.53 bits per heavy atom. The Morgan fingerprint density at radius 2 is 1.77 bits per heavy atom. The number of fused-ring (bicyclic) bond motifs is 1. The number of amides is 1. The molecule has 0 fully saturated rings. The quantitative estimate of drug-likeness (QED) is 0.601. The predicted octanol–water partition coefficient (Wildman–Crippen LogP) is 5.80. The van der Waals surface area contributed by atoms with E-state index in [1.165, 1.54) is 5.56 Å². The SMILES string of the molecule is CC(C)c1ccc(O)c(C2c3ccccc3CCN2C(=O)OCc2ccccc2)c1. The third-order valence-corrected chi connectivity index (χ3v) is 5.74. The molecule has 3 aromatic rings. The first-order valence-electron chi connectivity index (χ1n) is 10.4. The van der Waals surface area contributed by atoms with E-state index < -0.39 is 0 Å². The van der Waals surface area contributed by atoms with Crippen LogP contribution in [0.15, 0.2) is 72.8 Å². The molecule has 0 spiro atoms. The summed E-state index contributed by atoms with van der Waals surface area (Å²) in [5, 5.41) is 10.7. The number of carbonyl (C=O) groups is 1. The molecular formula is C26H27NO3. The van der Waals surface area contributed by atoms with Gasteiger partial charge in [-0.05, 0) is 46.7 Å². The number of carbonyl (C=O) groups excluding carboxylic acids is 1. The summed E-state index contributed by atoms with van der Waals surface area (Å²) in [5.41, 5.74) is 5.05. The van der Waals surface area contributed by atoms with Crippen LogP contribution in [-0.2, 0) is 17.8 Å². The van der Waals surface area contributed by atoms with Crippen LogP contribution in [0.4, 0.5) is 4.79 Å². The van der Waals surface area contributed by atoms with E-state index in [-0.39, 0.29) is 24.5 Å². The van der Waals surface area contributed by atoms with E-state index in [1.807, 2.05) is 60.7 Å². The molecule has 0 saturated heterocycles. The van der Waals surface area contributed by atoms with Crippen LogP contribution in [0, 0.1) is 0 Å². The fourth-order valence-electron chi connectivity index (χ4n) is 4.05. The van der Waals surface area contributed by atoms with Crippen LogP contribution in [-0.4, -0.2) is 22.6 Å². The molecule has 1 amide bonds. The highest BCUT2D eigenvalue weighted by molar-refractivity contribution is 5.70. The highest BCUT2D eigenvalue weighted by atomic mass is 16.6. The van der Waals surface area contributed by atoms with Gasteiger partial charge in [0.2, 0.25) is 0 Å². The number of nitrogens with zero attached hydrogens (tertiary/aromatic N) is 1. The summed E-state index contributed by atoms with van der Waals surface area (Å²) in [4.78, 5) is 14.9. The van der Waals surface area contributed by atoms with Gasteiger partial charge in [0, 0.05) is 12.1 Å². The molecule has 0 bridgehead atoms. The number of hydrogen-bond donors (Lipinski definition) is 1. The van der Waals surface area contributed by atoms with E-state index in [0.29, 0.717) is 12.5 Å². The zero-order valence-electron chi connectivity index (χ0n) is 17.4. The Bertz CT molecular complexity index is 1030. The third-order valence-electron chi connectivity index (χ3n) is 5.74. The number of phenolic OH excluding ortho intramolecular Hbond substituents is 1. The zero-order valence-corrected chi connectivity index (χ0v) is 17.4. The molecule has 0 saturated carbocycles. The second-order valence-electron chi connectivity index (χ2n) is 8.06. The van der Waals surface area contributed by atoms with Crippen molar-refractivity contribution >= 4 is 6.09 Å². The minimum absolute atomic E-state index is 0.196. The van der Waals surface area contributed by atoms with Crippen molar-refractivity contribution in [2.45, 2.75) is 38.8 Å². The van der Waals surface area contributed by atoms with Crippen LogP contribution in [0.1, 0.15) is 53.6 Å². The van der Waals surface area contributed by atoms with Gasteiger partial charge in [-0.15, -0.1) is 0 Å². The monoisotopic (exact) mass is 401 g/mol.